The molecule has 0 unspecified atom stereocenters. The molecule has 3 aromatic rings. The minimum absolute atomic E-state index is 0.0120. The number of amides is 1. The molecule has 0 spiro atoms. The molecule has 2 aromatic carbocycles. The van der Waals surface area contributed by atoms with E-state index in [-0.39, 0.29) is 30.7 Å². The molecule has 0 bridgehead atoms. The SMILES string of the molecule is Cc1ccc(CNC(=O)c2cn3c4c(cc(CCCO)cc4c2=O)OCC3(CO)CO)cc1. The fraction of sp³-hybridized carbons (Fsp3) is 0.360. The molecule has 2 heterocycles. The van der Waals surface area contributed by atoms with Gasteiger partial charge in [0.1, 0.15) is 23.5 Å². The van der Waals surface area contributed by atoms with Crippen LogP contribution in [0.4, 0.5) is 0 Å². The molecule has 174 valence electrons. The fourth-order valence-corrected chi connectivity index (χ4v) is 4.12. The summed E-state index contributed by atoms with van der Waals surface area (Å²) in [7, 11) is 0. The summed E-state index contributed by atoms with van der Waals surface area (Å²) >= 11 is 0. The molecular weight excluding hydrogens is 424 g/mol. The van der Waals surface area contributed by atoms with Crippen LogP contribution >= 0.6 is 0 Å². The first-order chi connectivity index (χ1) is 15.9. The van der Waals surface area contributed by atoms with Gasteiger partial charge in [0.25, 0.3) is 5.91 Å². The Balaban J connectivity index is 1.81. The zero-order chi connectivity index (χ0) is 23.6. The molecule has 1 aromatic heterocycles. The Morgan fingerprint density at radius 2 is 1.85 bits per heavy atom. The Labute approximate surface area is 191 Å². The van der Waals surface area contributed by atoms with Gasteiger partial charge < -0.3 is 29.9 Å². The number of carbonyl (C=O) groups excluding carboxylic acids is 1. The van der Waals surface area contributed by atoms with Crippen molar-refractivity contribution >= 4 is 16.8 Å². The molecule has 0 saturated heterocycles. The number of ether oxygens (including phenoxy) is 1. The molecule has 0 radical (unpaired) electrons. The summed E-state index contributed by atoms with van der Waals surface area (Å²) in [4.78, 5) is 26.4. The monoisotopic (exact) mass is 452 g/mol. The minimum Gasteiger partial charge on any atom is -0.489 e. The summed E-state index contributed by atoms with van der Waals surface area (Å²) in [6, 6.07) is 11.2. The summed E-state index contributed by atoms with van der Waals surface area (Å²) in [6.07, 6.45) is 2.46. The van der Waals surface area contributed by atoms with Gasteiger partial charge in [-0.2, -0.15) is 0 Å². The van der Waals surface area contributed by atoms with E-state index in [1.54, 1.807) is 16.7 Å². The number of pyridine rings is 1. The van der Waals surface area contributed by atoms with Crippen molar-refractivity contribution in [2.45, 2.75) is 31.8 Å². The molecule has 0 aliphatic carbocycles. The van der Waals surface area contributed by atoms with Crippen molar-refractivity contribution in [2.75, 3.05) is 26.4 Å². The lowest BCUT2D eigenvalue weighted by molar-refractivity contribution is 0.0182. The van der Waals surface area contributed by atoms with E-state index in [0.717, 1.165) is 16.7 Å². The van der Waals surface area contributed by atoms with Crippen molar-refractivity contribution < 1.29 is 24.9 Å². The largest absolute Gasteiger partial charge is 0.489 e. The summed E-state index contributed by atoms with van der Waals surface area (Å²) in [5, 5.41) is 32.4. The number of carbonyl (C=O) groups is 1. The lowest BCUT2D eigenvalue weighted by Crippen LogP contribution is -2.49. The first-order valence-electron chi connectivity index (χ1n) is 10.9. The van der Waals surface area contributed by atoms with E-state index < -0.39 is 30.1 Å². The highest BCUT2D eigenvalue weighted by molar-refractivity contribution is 5.98. The predicted molar refractivity (Wildman–Crippen MR) is 124 cm³/mol. The van der Waals surface area contributed by atoms with E-state index in [4.69, 9.17) is 4.74 Å². The van der Waals surface area contributed by atoms with Gasteiger partial charge in [-0.05, 0) is 43.0 Å². The Kier molecular flexibility index (Phi) is 6.51. The van der Waals surface area contributed by atoms with Gasteiger partial charge in [0.15, 0.2) is 0 Å². The van der Waals surface area contributed by atoms with E-state index in [9.17, 15) is 24.9 Å². The zero-order valence-electron chi connectivity index (χ0n) is 18.5. The highest BCUT2D eigenvalue weighted by atomic mass is 16.5. The van der Waals surface area contributed by atoms with E-state index in [2.05, 4.69) is 5.32 Å². The normalized spacial score (nSPS) is 14.2. The van der Waals surface area contributed by atoms with Crippen LogP contribution in [0.25, 0.3) is 10.9 Å². The second kappa shape index (κ2) is 9.35. The van der Waals surface area contributed by atoms with Crippen LogP contribution in [0.2, 0.25) is 0 Å². The van der Waals surface area contributed by atoms with Gasteiger partial charge in [-0.3, -0.25) is 9.59 Å². The number of aliphatic hydroxyl groups is 3. The number of aliphatic hydroxyl groups excluding tert-OH is 3. The number of hydrogen-bond acceptors (Lipinski definition) is 6. The lowest BCUT2D eigenvalue weighted by Gasteiger charge is -2.38. The molecule has 1 aliphatic heterocycles. The van der Waals surface area contributed by atoms with Gasteiger partial charge in [-0.1, -0.05) is 29.8 Å². The Morgan fingerprint density at radius 3 is 2.52 bits per heavy atom. The third-order valence-electron chi connectivity index (χ3n) is 6.16. The molecule has 1 amide bonds. The van der Waals surface area contributed by atoms with Crippen molar-refractivity contribution in [3.63, 3.8) is 0 Å². The molecule has 1 aliphatic rings. The van der Waals surface area contributed by atoms with Crippen LogP contribution in [0.1, 0.15) is 33.5 Å². The highest BCUT2D eigenvalue weighted by Crippen LogP contribution is 2.36. The third-order valence-corrected chi connectivity index (χ3v) is 6.16. The fourth-order valence-electron chi connectivity index (χ4n) is 4.12. The molecule has 4 rings (SSSR count). The van der Waals surface area contributed by atoms with Crippen molar-refractivity contribution in [1.29, 1.82) is 0 Å². The molecule has 0 saturated carbocycles. The van der Waals surface area contributed by atoms with E-state index in [1.807, 2.05) is 31.2 Å². The van der Waals surface area contributed by atoms with Gasteiger partial charge in [-0.25, -0.2) is 0 Å². The Bertz CT molecular complexity index is 1230. The van der Waals surface area contributed by atoms with Crippen LogP contribution in [0, 0.1) is 6.92 Å². The minimum atomic E-state index is -1.21. The van der Waals surface area contributed by atoms with Gasteiger partial charge >= 0.3 is 0 Å². The van der Waals surface area contributed by atoms with Crippen LogP contribution in [-0.2, 0) is 18.5 Å². The molecule has 4 N–H and O–H groups in total. The van der Waals surface area contributed by atoms with Crippen molar-refractivity contribution in [3.05, 3.63) is 75.1 Å². The summed E-state index contributed by atoms with van der Waals surface area (Å²) in [6.45, 7) is 1.37. The van der Waals surface area contributed by atoms with Crippen LogP contribution in [0.3, 0.4) is 0 Å². The number of aryl methyl sites for hydroxylation is 2. The second-order valence-corrected chi connectivity index (χ2v) is 8.56. The van der Waals surface area contributed by atoms with Gasteiger partial charge in [0.05, 0.1) is 24.1 Å². The Hall–Kier alpha value is -3.20. The standard InChI is InChI=1S/C25H28N2O6/c1-16-4-6-17(7-5-16)11-26-24(32)20-12-27-22-19(23(20)31)9-18(3-2-8-28)10-21(22)33-15-25(27,13-29)14-30/h4-7,9-10,12,28-30H,2-3,8,11,13-15H2,1H3,(H,26,32). The summed E-state index contributed by atoms with van der Waals surface area (Å²) in [5.41, 5.74) is 1.50. The summed E-state index contributed by atoms with van der Waals surface area (Å²) in [5.74, 6) is -0.0912. The second-order valence-electron chi connectivity index (χ2n) is 8.56. The number of aromatic nitrogens is 1. The van der Waals surface area contributed by atoms with Crippen molar-refractivity contribution in [3.8, 4) is 5.75 Å². The maximum atomic E-state index is 13.4. The number of nitrogens with one attached hydrogen (secondary N) is 1. The number of rotatable bonds is 8. The smallest absolute Gasteiger partial charge is 0.257 e. The van der Waals surface area contributed by atoms with Crippen molar-refractivity contribution in [2.24, 2.45) is 0 Å². The number of hydrogen-bond donors (Lipinski definition) is 4. The zero-order valence-corrected chi connectivity index (χ0v) is 18.5. The van der Waals surface area contributed by atoms with Crippen molar-refractivity contribution in [1.82, 2.24) is 9.88 Å². The Morgan fingerprint density at radius 1 is 1.12 bits per heavy atom. The molecular formula is C25H28N2O6. The number of nitrogens with zero attached hydrogens (tertiary/aromatic N) is 1. The maximum Gasteiger partial charge on any atom is 0.257 e. The van der Waals surface area contributed by atoms with Gasteiger partial charge in [0.2, 0.25) is 5.43 Å². The molecule has 0 fully saturated rings. The van der Waals surface area contributed by atoms with Crippen LogP contribution in [0.5, 0.6) is 5.75 Å². The van der Waals surface area contributed by atoms with Gasteiger partial charge in [0, 0.05) is 19.3 Å². The van der Waals surface area contributed by atoms with E-state index >= 15 is 0 Å². The highest BCUT2D eigenvalue weighted by Gasteiger charge is 2.38. The summed E-state index contributed by atoms with van der Waals surface area (Å²) < 4.78 is 7.44. The molecule has 8 heteroatoms. The average molecular weight is 453 g/mol. The van der Waals surface area contributed by atoms with Gasteiger partial charge in [-0.15, -0.1) is 0 Å². The van der Waals surface area contributed by atoms with Crippen LogP contribution < -0.4 is 15.5 Å². The maximum absolute atomic E-state index is 13.4. The third kappa shape index (κ3) is 4.25. The van der Waals surface area contributed by atoms with Crippen LogP contribution in [0.15, 0.2) is 47.4 Å². The average Bonchev–Trinajstić information content (AvgIpc) is 2.84. The lowest BCUT2D eigenvalue weighted by atomic mass is 9.96. The molecule has 33 heavy (non-hydrogen) atoms. The molecule has 8 nitrogen and oxygen atoms in total. The quantitative estimate of drug-likeness (QED) is 0.408. The topological polar surface area (TPSA) is 121 Å². The number of benzene rings is 2. The predicted octanol–water partition coefficient (Wildman–Crippen LogP) is 1.24. The van der Waals surface area contributed by atoms with E-state index in [1.165, 1.54) is 6.20 Å². The van der Waals surface area contributed by atoms with Crippen LogP contribution in [-0.4, -0.2) is 52.2 Å². The first kappa shape index (κ1) is 23.0. The molecule has 0 atom stereocenters. The first-order valence-corrected chi connectivity index (χ1v) is 10.9. The van der Waals surface area contributed by atoms with E-state index in [0.29, 0.717) is 24.1 Å².